The molecule has 0 spiro atoms. The number of nitrogens with one attached hydrogen (secondary N) is 2. The van der Waals surface area contributed by atoms with Gasteiger partial charge < -0.3 is 20.1 Å². The van der Waals surface area contributed by atoms with Crippen LogP contribution in [0.3, 0.4) is 0 Å². The van der Waals surface area contributed by atoms with Gasteiger partial charge in [-0.2, -0.15) is 0 Å². The third-order valence-corrected chi connectivity index (χ3v) is 4.04. The van der Waals surface area contributed by atoms with Crippen molar-refractivity contribution >= 4 is 17.3 Å². The van der Waals surface area contributed by atoms with Crippen LogP contribution in [0.25, 0.3) is 0 Å². The van der Waals surface area contributed by atoms with Gasteiger partial charge in [0.2, 0.25) is 0 Å². The summed E-state index contributed by atoms with van der Waals surface area (Å²) in [6.45, 7) is 0.298. The number of nitrogens with zero attached hydrogens (tertiary/aromatic N) is 1. The van der Waals surface area contributed by atoms with Gasteiger partial charge in [0.1, 0.15) is 5.82 Å². The van der Waals surface area contributed by atoms with Crippen LogP contribution in [-0.4, -0.2) is 25.1 Å². The maximum absolute atomic E-state index is 12.9. The average molecular weight is 381 g/mol. The molecule has 3 rings (SSSR count). The van der Waals surface area contributed by atoms with E-state index < -0.39 is 0 Å². The molecule has 0 bridgehead atoms. The van der Waals surface area contributed by atoms with Gasteiger partial charge in [0.05, 0.1) is 31.7 Å². The molecule has 0 aliphatic heterocycles. The lowest BCUT2D eigenvalue weighted by Gasteiger charge is -2.12. The molecule has 144 valence electrons. The van der Waals surface area contributed by atoms with Crippen LogP contribution in [0.5, 0.6) is 11.5 Å². The topological polar surface area (TPSA) is 72.5 Å². The van der Waals surface area contributed by atoms with Gasteiger partial charge in [0, 0.05) is 24.5 Å². The normalized spacial score (nSPS) is 10.2. The molecule has 1 amide bonds. The molecule has 6 nitrogen and oxygen atoms in total. The zero-order chi connectivity index (χ0) is 19.9. The fraction of sp³-hybridized carbons (Fsp3) is 0.143. The molecule has 2 N–H and O–H groups in total. The Morgan fingerprint density at radius 1 is 0.964 bits per heavy atom. The van der Waals surface area contributed by atoms with E-state index in [4.69, 9.17) is 9.47 Å². The molecule has 2 aromatic carbocycles. The molecule has 0 radical (unpaired) electrons. The molecule has 0 aliphatic carbocycles. The number of carbonyl (C=O) groups is 1. The summed E-state index contributed by atoms with van der Waals surface area (Å²) >= 11 is 0. The van der Waals surface area contributed by atoms with E-state index in [0.717, 1.165) is 11.3 Å². The lowest BCUT2D eigenvalue weighted by atomic mass is 10.2. The van der Waals surface area contributed by atoms with Crippen LogP contribution in [0, 0.1) is 5.82 Å². The molecule has 0 fully saturated rings. The number of methoxy groups -OCH3 is 2. The second-order valence-electron chi connectivity index (χ2n) is 5.97. The molecule has 0 unspecified atom stereocenters. The Kier molecular flexibility index (Phi) is 6.06. The van der Waals surface area contributed by atoms with E-state index in [9.17, 15) is 9.18 Å². The van der Waals surface area contributed by atoms with Gasteiger partial charge in [-0.15, -0.1) is 0 Å². The highest BCUT2D eigenvalue weighted by Gasteiger charge is 2.09. The van der Waals surface area contributed by atoms with Crippen molar-refractivity contribution < 1.29 is 18.7 Å². The first-order chi connectivity index (χ1) is 13.6. The van der Waals surface area contributed by atoms with E-state index >= 15 is 0 Å². The number of rotatable bonds is 7. The average Bonchev–Trinajstić information content (AvgIpc) is 2.73. The number of hydrogen-bond acceptors (Lipinski definition) is 5. The minimum absolute atomic E-state index is 0.271. The molecule has 0 aliphatic rings. The second kappa shape index (κ2) is 8.85. The second-order valence-corrected chi connectivity index (χ2v) is 5.97. The van der Waals surface area contributed by atoms with Crippen molar-refractivity contribution in [3.8, 4) is 11.5 Å². The number of pyridine rings is 1. The van der Waals surface area contributed by atoms with Crippen LogP contribution in [0.1, 0.15) is 15.9 Å². The van der Waals surface area contributed by atoms with Crippen LogP contribution in [0.4, 0.5) is 15.8 Å². The fourth-order valence-electron chi connectivity index (χ4n) is 2.60. The Hall–Kier alpha value is -3.61. The number of ether oxygens (including phenoxy) is 2. The van der Waals surface area contributed by atoms with Gasteiger partial charge in [-0.1, -0.05) is 12.1 Å². The van der Waals surface area contributed by atoms with Crippen molar-refractivity contribution in [1.82, 2.24) is 10.3 Å². The van der Waals surface area contributed by atoms with Gasteiger partial charge in [-0.05, 0) is 35.9 Å². The summed E-state index contributed by atoms with van der Waals surface area (Å²) in [6, 6.07) is 13.1. The molecular formula is C21H20FN3O3. The third kappa shape index (κ3) is 4.76. The highest BCUT2D eigenvalue weighted by atomic mass is 19.1. The van der Waals surface area contributed by atoms with E-state index in [1.54, 1.807) is 50.7 Å². The Balaban J connectivity index is 1.67. The summed E-state index contributed by atoms with van der Waals surface area (Å²) in [5.41, 5.74) is 2.64. The van der Waals surface area contributed by atoms with Crippen molar-refractivity contribution in [3.05, 3.63) is 77.9 Å². The minimum atomic E-state index is -0.312. The monoisotopic (exact) mass is 381 g/mol. The number of aromatic nitrogens is 1. The maximum Gasteiger partial charge on any atom is 0.253 e. The summed E-state index contributed by atoms with van der Waals surface area (Å²) in [5, 5.41) is 5.98. The van der Waals surface area contributed by atoms with Crippen molar-refractivity contribution in [2.45, 2.75) is 6.54 Å². The Morgan fingerprint density at radius 2 is 1.71 bits per heavy atom. The van der Waals surface area contributed by atoms with Crippen molar-refractivity contribution in [3.63, 3.8) is 0 Å². The van der Waals surface area contributed by atoms with Gasteiger partial charge in [0.15, 0.2) is 11.5 Å². The quantitative estimate of drug-likeness (QED) is 0.649. The number of carbonyl (C=O) groups excluding carboxylic acids is 1. The third-order valence-electron chi connectivity index (χ3n) is 4.04. The molecule has 1 aromatic heterocycles. The molecular weight excluding hydrogens is 361 g/mol. The highest BCUT2D eigenvalue weighted by Crippen LogP contribution is 2.31. The summed E-state index contributed by atoms with van der Waals surface area (Å²) < 4.78 is 23.5. The van der Waals surface area contributed by atoms with Crippen LogP contribution in [-0.2, 0) is 6.54 Å². The summed E-state index contributed by atoms with van der Waals surface area (Å²) in [7, 11) is 3.14. The molecule has 0 saturated heterocycles. The molecule has 0 saturated carbocycles. The lowest BCUT2D eigenvalue weighted by Crippen LogP contribution is -2.23. The number of benzene rings is 2. The van der Waals surface area contributed by atoms with Crippen molar-refractivity contribution in [1.29, 1.82) is 0 Å². The molecule has 28 heavy (non-hydrogen) atoms. The first-order valence-corrected chi connectivity index (χ1v) is 8.56. The predicted octanol–water partition coefficient (Wildman–Crippen LogP) is 3.91. The highest BCUT2D eigenvalue weighted by molar-refractivity contribution is 5.94. The van der Waals surface area contributed by atoms with Crippen LogP contribution in [0.2, 0.25) is 0 Å². The van der Waals surface area contributed by atoms with Crippen LogP contribution < -0.4 is 20.1 Å². The minimum Gasteiger partial charge on any atom is -0.493 e. The smallest absolute Gasteiger partial charge is 0.253 e. The molecule has 1 heterocycles. The SMILES string of the molecule is COc1ccc(Nc2cncc(C(=O)NCc3ccc(F)cc3)c2)cc1OC. The first-order valence-electron chi connectivity index (χ1n) is 8.56. The van der Waals surface area contributed by atoms with E-state index in [1.165, 1.54) is 18.3 Å². The Bertz CT molecular complexity index is 961. The van der Waals surface area contributed by atoms with E-state index in [-0.39, 0.29) is 11.7 Å². The van der Waals surface area contributed by atoms with E-state index in [2.05, 4.69) is 15.6 Å². The molecule has 3 aromatic rings. The number of halogens is 1. The zero-order valence-corrected chi connectivity index (χ0v) is 15.5. The predicted molar refractivity (Wildman–Crippen MR) is 105 cm³/mol. The standard InChI is InChI=1S/C21H20FN3O3/c1-27-19-8-7-17(10-20(19)28-2)25-18-9-15(12-23-13-18)21(26)24-11-14-3-5-16(22)6-4-14/h3-10,12-13,25H,11H2,1-2H3,(H,24,26). The summed E-state index contributed by atoms with van der Waals surface area (Å²) in [6.07, 6.45) is 3.10. The summed E-state index contributed by atoms with van der Waals surface area (Å²) in [4.78, 5) is 16.5. The Labute approximate surface area is 162 Å². The maximum atomic E-state index is 12.9. The lowest BCUT2D eigenvalue weighted by molar-refractivity contribution is 0.0950. The van der Waals surface area contributed by atoms with Gasteiger partial charge in [-0.25, -0.2) is 4.39 Å². The van der Waals surface area contributed by atoms with Gasteiger partial charge >= 0.3 is 0 Å². The van der Waals surface area contributed by atoms with Gasteiger partial charge in [0.25, 0.3) is 5.91 Å². The van der Waals surface area contributed by atoms with Crippen LogP contribution >= 0.6 is 0 Å². The summed E-state index contributed by atoms with van der Waals surface area (Å²) in [5.74, 6) is 0.634. The fourth-order valence-corrected chi connectivity index (χ4v) is 2.60. The number of hydrogen-bond donors (Lipinski definition) is 2. The van der Waals surface area contributed by atoms with E-state index in [1.807, 2.05) is 6.07 Å². The zero-order valence-electron chi connectivity index (χ0n) is 15.5. The number of anilines is 2. The van der Waals surface area contributed by atoms with Crippen molar-refractivity contribution in [2.24, 2.45) is 0 Å². The first kappa shape index (κ1) is 19.2. The van der Waals surface area contributed by atoms with E-state index in [0.29, 0.717) is 29.3 Å². The van der Waals surface area contributed by atoms with Crippen molar-refractivity contribution in [2.75, 3.05) is 19.5 Å². The largest absolute Gasteiger partial charge is 0.493 e. The molecule has 0 atom stereocenters. The number of amides is 1. The Morgan fingerprint density at radius 3 is 2.43 bits per heavy atom. The van der Waals surface area contributed by atoms with Gasteiger partial charge in [-0.3, -0.25) is 9.78 Å². The van der Waals surface area contributed by atoms with Crippen LogP contribution in [0.15, 0.2) is 60.9 Å². The molecule has 7 heteroatoms.